The molecule has 13 heavy (non-hydrogen) atoms. The summed E-state index contributed by atoms with van der Waals surface area (Å²) in [5, 5.41) is 9.31. The molecule has 70 valence electrons. The van der Waals surface area contributed by atoms with Crippen LogP contribution in [0.1, 0.15) is 19.7 Å². The summed E-state index contributed by atoms with van der Waals surface area (Å²) in [7, 11) is 1.92. The number of aliphatic hydroxyl groups is 1. The first-order chi connectivity index (χ1) is 5.99. The maximum absolute atomic E-state index is 9.31. The first kappa shape index (κ1) is 9.82. The van der Waals surface area contributed by atoms with Gasteiger partial charge >= 0.3 is 0 Å². The molecule has 0 atom stereocenters. The number of rotatable bonds is 1. The van der Waals surface area contributed by atoms with Crippen molar-refractivity contribution in [1.82, 2.24) is 9.55 Å². The SMILES string of the molecule is Cn1ccnc1CC#CC(C)(C)O. The fourth-order valence-corrected chi connectivity index (χ4v) is 0.906. The van der Waals surface area contributed by atoms with Crippen molar-refractivity contribution in [2.45, 2.75) is 25.9 Å². The molecule has 1 aromatic heterocycles. The predicted molar refractivity (Wildman–Crippen MR) is 51.0 cm³/mol. The summed E-state index contributed by atoms with van der Waals surface area (Å²) in [4.78, 5) is 4.11. The molecule has 1 aromatic rings. The molecular weight excluding hydrogens is 164 g/mol. The Morgan fingerprint density at radius 1 is 1.62 bits per heavy atom. The molecule has 0 amide bonds. The maximum Gasteiger partial charge on any atom is 0.120 e. The summed E-state index contributed by atoms with van der Waals surface area (Å²) >= 11 is 0. The van der Waals surface area contributed by atoms with Crippen molar-refractivity contribution in [3.8, 4) is 11.8 Å². The normalized spacial score (nSPS) is 10.8. The fourth-order valence-electron chi connectivity index (χ4n) is 0.906. The molecule has 0 aliphatic heterocycles. The zero-order valence-corrected chi connectivity index (χ0v) is 8.20. The molecule has 0 unspecified atom stereocenters. The zero-order chi connectivity index (χ0) is 9.90. The van der Waals surface area contributed by atoms with Gasteiger partial charge in [-0.2, -0.15) is 0 Å². The van der Waals surface area contributed by atoms with E-state index in [9.17, 15) is 5.11 Å². The van der Waals surface area contributed by atoms with Crippen molar-refractivity contribution in [3.63, 3.8) is 0 Å². The molecule has 1 heterocycles. The molecule has 1 rings (SSSR count). The second-order valence-electron chi connectivity index (χ2n) is 3.49. The Morgan fingerprint density at radius 3 is 2.77 bits per heavy atom. The quantitative estimate of drug-likeness (QED) is 0.644. The summed E-state index contributed by atoms with van der Waals surface area (Å²) in [5.74, 6) is 6.54. The van der Waals surface area contributed by atoms with Crippen LogP contribution in [0.5, 0.6) is 0 Å². The van der Waals surface area contributed by atoms with E-state index < -0.39 is 5.60 Å². The number of nitrogens with zero attached hydrogens (tertiary/aromatic N) is 2. The summed E-state index contributed by atoms with van der Waals surface area (Å²) in [6.07, 6.45) is 4.19. The van der Waals surface area contributed by atoms with Crippen molar-refractivity contribution in [2.75, 3.05) is 0 Å². The van der Waals surface area contributed by atoms with Crippen LogP contribution in [-0.4, -0.2) is 20.3 Å². The molecule has 3 heteroatoms. The summed E-state index contributed by atoms with van der Waals surface area (Å²) in [5.41, 5.74) is -0.912. The van der Waals surface area contributed by atoms with Crippen LogP contribution >= 0.6 is 0 Å². The average molecular weight is 178 g/mol. The van der Waals surface area contributed by atoms with E-state index in [0.717, 1.165) is 5.82 Å². The fraction of sp³-hybridized carbons (Fsp3) is 0.500. The minimum absolute atomic E-state index is 0.577. The predicted octanol–water partition coefficient (Wildman–Crippen LogP) is 0.737. The number of hydrogen-bond donors (Lipinski definition) is 1. The van der Waals surface area contributed by atoms with Gasteiger partial charge in [-0.05, 0) is 13.8 Å². The lowest BCUT2D eigenvalue weighted by atomic mass is 10.1. The largest absolute Gasteiger partial charge is 0.378 e. The lowest BCUT2D eigenvalue weighted by Gasteiger charge is -2.05. The Kier molecular flexibility index (Phi) is 2.74. The van der Waals surface area contributed by atoms with E-state index in [1.165, 1.54) is 0 Å². The zero-order valence-electron chi connectivity index (χ0n) is 8.20. The topological polar surface area (TPSA) is 38.0 Å². The van der Waals surface area contributed by atoms with Gasteiger partial charge in [0.25, 0.3) is 0 Å². The molecule has 0 aromatic carbocycles. The van der Waals surface area contributed by atoms with E-state index >= 15 is 0 Å². The van der Waals surface area contributed by atoms with Crippen molar-refractivity contribution in [2.24, 2.45) is 7.05 Å². The Hall–Kier alpha value is -1.27. The van der Waals surface area contributed by atoms with E-state index in [1.807, 2.05) is 17.8 Å². The molecule has 3 nitrogen and oxygen atoms in total. The molecule has 0 aliphatic carbocycles. The first-order valence-electron chi connectivity index (χ1n) is 4.17. The molecule has 0 spiro atoms. The molecule has 0 saturated carbocycles. The van der Waals surface area contributed by atoms with Crippen LogP contribution < -0.4 is 0 Å². The highest BCUT2D eigenvalue weighted by Gasteiger charge is 2.05. The van der Waals surface area contributed by atoms with Crippen LogP contribution in [-0.2, 0) is 13.5 Å². The van der Waals surface area contributed by atoms with Crippen LogP contribution in [0.2, 0.25) is 0 Å². The van der Waals surface area contributed by atoms with Crippen LogP contribution in [0.3, 0.4) is 0 Å². The van der Waals surface area contributed by atoms with Gasteiger partial charge in [-0.1, -0.05) is 11.8 Å². The van der Waals surface area contributed by atoms with Gasteiger partial charge in [0.1, 0.15) is 11.4 Å². The van der Waals surface area contributed by atoms with E-state index in [0.29, 0.717) is 6.42 Å². The second-order valence-corrected chi connectivity index (χ2v) is 3.49. The van der Waals surface area contributed by atoms with Gasteiger partial charge in [0.15, 0.2) is 0 Å². The van der Waals surface area contributed by atoms with Gasteiger partial charge in [-0.15, -0.1) is 0 Å². The molecule has 0 aliphatic rings. The summed E-state index contributed by atoms with van der Waals surface area (Å²) in [6, 6.07) is 0. The molecule has 0 saturated heterocycles. The van der Waals surface area contributed by atoms with E-state index in [4.69, 9.17) is 0 Å². The van der Waals surface area contributed by atoms with E-state index in [2.05, 4.69) is 16.8 Å². The number of imidazole rings is 1. The van der Waals surface area contributed by atoms with Crippen LogP contribution in [0.25, 0.3) is 0 Å². The van der Waals surface area contributed by atoms with Gasteiger partial charge in [0.2, 0.25) is 0 Å². The van der Waals surface area contributed by atoms with Crippen molar-refractivity contribution < 1.29 is 5.11 Å². The smallest absolute Gasteiger partial charge is 0.120 e. The van der Waals surface area contributed by atoms with Crippen LogP contribution in [0, 0.1) is 11.8 Å². The van der Waals surface area contributed by atoms with E-state index in [1.54, 1.807) is 20.0 Å². The number of aromatic nitrogens is 2. The third-order valence-electron chi connectivity index (χ3n) is 1.56. The van der Waals surface area contributed by atoms with Gasteiger partial charge in [0.05, 0.1) is 6.42 Å². The average Bonchev–Trinajstić information content (AvgIpc) is 2.34. The highest BCUT2D eigenvalue weighted by molar-refractivity contribution is 5.14. The van der Waals surface area contributed by atoms with Crippen molar-refractivity contribution in [1.29, 1.82) is 0 Å². The molecule has 0 radical (unpaired) electrons. The molecule has 1 N–H and O–H groups in total. The monoisotopic (exact) mass is 178 g/mol. The van der Waals surface area contributed by atoms with Gasteiger partial charge < -0.3 is 9.67 Å². The maximum atomic E-state index is 9.31. The minimum atomic E-state index is -0.912. The van der Waals surface area contributed by atoms with Crippen molar-refractivity contribution >= 4 is 0 Å². The molecule has 0 fully saturated rings. The highest BCUT2D eigenvalue weighted by atomic mass is 16.3. The Morgan fingerprint density at radius 2 is 2.31 bits per heavy atom. The first-order valence-corrected chi connectivity index (χ1v) is 4.17. The van der Waals surface area contributed by atoms with Gasteiger partial charge in [-0.3, -0.25) is 0 Å². The highest BCUT2D eigenvalue weighted by Crippen LogP contribution is 1.98. The van der Waals surface area contributed by atoms with Gasteiger partial charge in [-0.25, -0.2) is 4.98 Å². The van der Waals surface area contributed by atoms with Crippen LogP contribution in [0.4, 0.5) is 0 Å². The van der Waals surface area contributed by atoms with Gasteiger partial charge in [0, 0.05) is 19.4 Å². The Balaban J connectivity index is 2.61. The lowest BCUT2D eigenvalue weighted by Crippen LogP contribution is -2.14. The third kappa shape index (κ3) is 3.30. The minimum Gasteiger partial charge on any atom is -0.378 e. The molecular formula is C10H14N2O. The van der Waals surface area contributed by atoms with E-state index in [-0.39, 0.29) is 0 Å². The Labute approximate surface area is 78.4 Å². The third-order valence-corrected chi connectivity index (χ3v) is 1.56. The number of aryl methyl sites for hydroxylation is 1. The molecule has 0 bridgehead atoms. The summed E-state index contributed by atoms with van der Waals surface area (Å²) < 4.78 is 1.92. The standard InChI is InChI=1S/C10H14N2O/c1-10(2,13)6-4-5-9-11-7-8-12(9)3/h7-8,13H,5H2,1-3H3. The summed E-state index contributed by atoms with van der Waals surface area (Å²) in [6.45, 7) is 3.33. The second kappa shape index (κ2) is 3.63. The van der Waals surface area contributed by atoms with Crippen molar-refractivity contribution in [3.05, 3.63) is 18.2 Å². The Bertz CT molecular complexity index is 336. The lowest BCUT2D eigenvalue weighted by molar-refractivity contribution is 0.143. The van der Waals surface area contributed by atoms with Crippen LogP contribution in [0.15, 0.2) is 12.4 Å². The number of hydrogen-bond acceptors (Lipinski definition) is 2.